The van der Waals surface area contributed by atoms with Crippen molar-refractivity contribution in [1.29, 1.82) is 0 Å². The molecule has 112 valence electrons. The van der Waals surface area contributed by atoms with Crippen molar-refractivity contribution in [2.24, 2.45) is 15.4 Å². The van der Waals surface area contributed by atoms with Crippen LogP contribution in [0.3, 0.4) is 0 Å². The predicted molar refractivity (Wildman–Crippen MR) is 83.8 cm³/mol. The average Bonchev–Trinajstić information content (AvgIpc) is 3.08. The van der Waals surface area contributed by atoms with E-state index in [1.54, 1.807) is 0 Å². The van der Waals surface area contributed by atoms with Crippen LogP contribution in [0.5, 0.6) is 0 Å². The normalized spacial score (nSPS) is 28.7. The lowest BCUT2D eigenvalue weighted by molar-refractivity contribution is 0.242. The summed E-state index contributed by atoms with van der Waals surface area (Å²) in [5.41, 5.74) is 0.411. The molecule has 4 heteroatoms. The molecule has 0 saturated heterocycles. The number of rotatable bonds is 3. The minimum Gasteiger partial charge on any atom is -0.478 e. The van der Waals surface area contributed by atoms with Gasteiger partial charge in [0.1, 0.15) is 24.2 Å². The van der Waals surface area contributed by atoms with Gasteiger partial charge in [-0.1, -0.05) is 30.3 Å². The van der Waals surface area contributed by atoms with Gasteiger partial charge in [-0.25, -0.2) is 9.98 Å². The summed E-state index contributed by atoms with van der Waals surface area (Å²) in [6.07, 6.45) is 0. The molecule has 1 aromatic carbocycles. The summed E-state index contributed by atoms with van der Waals surface area (Å²) >= 11 is 0. The monoisotopic (exact) mass is 286 g/mol. The van der Waals surface area contributed by atoms with Crippen LogP contribution < -0.4 is 0 Å². The number of hydrogen-bond acceptors (Lipinski definition) is 4. The second-order valence-corrected chi connectivity index (χ2v) is 6.56. The molecule has 0 bridgehead atoms. The predicted octanol–water partition coefficient (Wildman–Crippen LogP) is 3.17. The molecule has 2 atom stereocenters. The maximum atomic E-state index is 5.92. The van der Waals surface area contributed by atoms with Crippen LogP contribution in [0.1, 0.15) is 33.3 Å². The third kappa shape index (κ3) is 2.43. The largest absolute Gasteiger partial charge is 0.478 e. The minimum atomic E-state index is -0.419. The van der Waals surface area contributed by atoms with E-state index in [4.69, 9.17) is 14.5 Å². The highest BCUT2D eigenvalue weighted by molar-refractivity contribution is 6.05. The number of aliphatic imine (C=N–C) groups is 2. The Kier molecular flexibility index (Phi) is 3.27. The van der Waals surface area contributed by atoms with E-state index < -0.39 is 5.41 Å². The van der Waals surface area contributed by atoms with Crippen molar-refractivity contribution in [2.75, 3.05) is 13.2 Å². The zero-order chi connectivity index (χ0) is 15.1. The Balaban J connectivity index is 1.91. The van der Waals surface area contributed by atoms with E-state index in [0.717, 1.165) is 5.90 Å². The van der Waals surface area contributed by atoms with Crippen molar-refractivity contribution in [3.8, 4) is 0 Å². The van der Waals surface area contributed by atoms with Crippen LogP contribution in [0, 0.1) is 5.41 Å². The Labute approximate surface area is 125 Å². The van der Waals surface area contributed by atoms with Gasteiger partial charge >= 0.3 is 0 Å². The van der Waals surface area contributed by atoms with Gasteiger partial charge < -0.3 is 9.47 Å². The van der Waals surface area contributed by atoms with E-state index in [2.05, 4.69) is 44.8 Å². The molecule has 0 saturated carbocycles. The topological polar surface area (TPSA) is 43.2 Å². The molecule has 2 aliphatic rings. The van der Waals surface area contributed by atoms with Gasteiger partial charge in [-0.15, -0.1) is 0 Å². The molecule has 0 radical (unpaired) electrons. The fourth-order valence-corrected chi connectivity index (χ4v) is 2.67. The molecule has 0 fully saturated rings. The summed E-state index contributed by atoms with van der Waals surface area (Å²) in [5.74, 6) is 1.44. The summed E-state index contributed by atoms with van der Waals surface area (Å²) in [5, 5.41) is 0. The fourth-order valence-electron chi connectivity index (χ4n) is 2.67. The van der Waals surface area contributed by atoms with E-state index >= 15 is 0 Å². The lowest BCUT2D eigenvalue weighted by Gasteiger charge is -2.22. The number of ether oxygens (including phenoxy) is 2. The van der Waals surface area contributed by atoms with Gasteiger partial charge in [0.15, 0.2) is 11.8 Å². The first-order chi connectivity index (χ1) is 9.92. The molecule has 21 heavy (non-hydrogen) atoms. The highest BCUT2D eigenvalue weighted by Crippen LogP contribution is 2.36. The second-order valence-electron chi connectivity index (χ2n) is 6.56. The van der Waals surface area contributed by atoms with E-state index in [0.29, 0.717) is 19.1 Å². The molecule has 4 nitrogen and oxygen atoms in total. The molecule has 0 spiro atoms. The molecular weight excluding hydrogens is 264 g/mol. The number of nitrogens with zero attached hydrogens (tertiary/aromatic N) is 2. The highest BCUT2D eigenvalue weighted by Gasteiger charge is 2.44. The maximum absolute atomic E-state index is 5.92. The Morgan fingerprint density at radius 2 is 1.86 bits per heavy atom. The van der Waals surface area contributed by atoms with E-state index in [-0.39, 0.29) is 11.6 Å². The van der Waals surface area contributed by atoms with Crippen molar-refractivity contribution >= 4 is 11.8 Å². The van der Waals surface area contributed by atoms with Gasteiger partial charge in [0.25, 0.3) is 0 Å². The first-order valence-electron chi connectivity index (χ1n) is 7.41. The molecule has 0 amide bonds. The smallest absolute Gasteiger partial charge is 0.199 e. The van der Waals surface area contributed by atoms with Crippen LogP contribution in [0.2, 0.25) is 0 Å². The Bertz CT molecular complexity index is 592. The molecular formula is C17H22N2O2. The third-order valence-electron chi connectivity index (χ3n) is 4.10. The Morgan fingerprint density at radius 3 is 2.48 bits per heavy atom. The summed E-state index contributed by atoms with van der Waals surface area (Å²) < 4.78 is 11.6. The molecule has 2 heterocycles. The third-order valence-corrected chi connectivity index (χ3v) is 4.10. The summed E-state index contributed by atoms with van der Waals surface area (Å²) in [4.78, 5) is 9.42. The molecule has 3 rings (SSSR count). The van der Waals surface area contributed by atoms with Gasteiger partial charge in [0.2, 0.25) is 0 Å². The SMILES string of the molecule is C[C@H]1COC(C(C)(C)C2=N[C@@](C)(c3ccccc3)CO2)=N1. The molecule has 0 aliphatic carbocycles. The second kappa shape index (κ2) is 4.86. The molecule has 1 aromatic rings. The lowest BCUT2D eigenvalue weighted by atomic mass is 9.91. The average molecular weight is 286 g/mol. The van der Waals surface area contributed by atoms with Gasteiger partial charge in [0.05, 0.1) is 6.04 Å². The Hall–Kier alpha value is -1.84. The molecule has 0 unspecified atom stereocenters. The van der Waals surface area contributed by atoms with Crippen molar-refractivity contribution in [3.05, 3.63) is 35.9 Å². The quantitative estimate of drug-likeness (QED) is 0.856. The number of hydrogen-bond donors (Lipinski definition) is 0. The fraction of sp³-hybridized carbons (Fsp3) is 0.529. The zero-order valence-corrected chi connectivity index (χ0v) is 13.1. The summed E-state index contributed by atoms with van der Waals surface area (Å²) in [6, 6.07) is 10.5. The minimum absolute atomic E-state index is 0.210. The van der Waals surface area contributed by atoms with Gasteiger partial charge in [-0.3, -0.25) is 0 Å². The van der Waals surface area contributed by atoms with Crippen molar-refractivity contribution in [1.82, 2.24) is 0 Å². The first kappa shape index (κ1) is 14.1. The highest BCUT2D eigenvalue weighted by atomic mass is 16.5. The van der Waals surface area contributed by atoms with Crippen LogP contribution in [-0.2, 0) is 15.0 Å². The van der Waals surface area contributed by atoms with Crippen molar-refractivity contribution < 1.29 is 9.47 Å². The van der Waals surface area contributed by atoms with E-state index in [1.165, 1.54) is 5.56 Å². The lowest BCUT2D eigenvalue weighted by Crippen LogP contribution is -2.34. The van der Waals surface area contributed by atoms with Gasteiger partial charge in [-0.05, 0) is 33.3 Å². The molecule has 2 aliphatic heterocycles. The van der Waals surface area contributed by atoms with Crippen molar-refractivity contribution in [2.45, 2.75) is 39.3 Å². The maximum Gasteiger partial charge on any atom is 0.199 e. The summed E-state index contributed by atoms with van der Waals surface area (Å²) in [6.45, 7) is 9.46. The van der Waals surface area contributed by atoms with Crippen molar-refractivity contribution in [3.63, 3.8) is 0 Å². The molecule has 0 N–H and O–H groups in total. The molecule has 0 aromatic heterocycles. The van der Waals surface area contributed by atoms with Gasteiger partial charge in [-0.2, -0.15) is 0 Å². The number of benzene rings is 1. The van der Waals surface area contributed by atoms with E-state index in [1.807, 2.05) is 18.2 Å². The van der Waals surface area contributed by atoms with Crippen LogP contribution in [0.15, 0.2) is 40.3 Å². The van der Waals surface area contributed by atoms with E-state index in [9.17, 15) is 0 Å². The Morgan fingerprint density at radius 1 is 1.14 bits per heavy atom. The van der Waals surface area contributed by atoms with Crippen LogP contribution >= 0.6 is 0 Å². The summed E-state index contributed by atoms with van der Waals surface area (Å²) in [7, 11) is 0. The standard InChI is InChI=1S/C17H22N2O2/c1-12-10-20-14(18-12)16(2,3)15-19-17(4,11-21-15)13-8-6-5-7-9-13/h5-9,12H,10-11H2,1-4H3/t12-,17+/m0/s1. The van der Waals surface area contributed by atoms with Gasteiger partial charge in [0, 0.05) is 0 Å². The van der Waals surface area contributed by atoms with Crippen LogP contribution in [0.4, 0.5) is 0 Å². The zero-order valence-electron chi connectivity index (χ0n) is 13.1. The first-order valence-corrected chi connectivity index (χ1v) is 7.41. The van der Waals surface area contributed by atoms with Crippen LogP contribution in [-0.4, -0.2) is 31.1 Å². The van der Waals surface area contributed by atoms with Crippen LogP contribution in [0.25, 0.3) is 0 Å².